The molecule has 6 heteroatoms. The molecular formula is C19H22N2O3S. The van der Waals surface area contributed by atoms with Crippen molar-refractivity contribution in [2.75, 3.05) is 26.3 Å². The van der Waals surface area contributed by atoms with Crippen molar-refractivity contribution < 1.29 is 14.3 Å². The number of carbonyl (C=O) groups excluding carboxylic acids is 1. The number of ether oxygens (including phenoxy) is 2. The van der Waals surface area contributed by atoms with Gasteiger partial charge >= 0.3 is 0 Å². The van der Waals surface area contributed by atoms with Crippen molar-refractivity contribution in [3.05, 3.63) is 46.9 Å². The number of morpholine rings is 1. The van der Waals surface area contributed by atoms with Gasteiger partial charge in [-0.05, 0) is 42.8 Å². The first kappa shape index (κ1) is 16.5. The highest BCUT2D eigenvalue weighted by molar-refractivity contribution is 7.12. The molecule has 2 fully saturated rings. The lowest BCUT2D eigenvalue weighted by atomic mass is 9.89. The fraction of sp³-hybridized carbons (Fsp3) is 0.474. The Morgan fingerprint density at radius 3 is 3.20 bits per heavy atom. The van der Waals surface area contributed by atoms with Crippen LogP contribution in [0.1, 0.15) is 28.9 Å². The zero-order chi connectivity index (χ0) is 17.1. The first-order valence-corrected chi connectivity index (χ1v) is 9.64. The van der Waals surface area contributed by atoms with Crippen molar-refractivity contribution in [3.63, 3.8) is 0 Å². The molecule has 25 heavy (non-hydrogen) atoms. The summed E-state index contributed by atoms with van der Waals surface area (Å²) in [4.78, 5) is 19.6. The molecule has 1 saturated heterocycles. The van der Waals surface area contributed by atoms with Crippen LogP contribution in [0.4, 0.5) is 0 Å². The zero-order valence-electron chi connectivity index (χ0n) is 14.1. The van der Waals surface area contributed by atoms with E-state index in [0.29, 0.717) is 32.2 Å². The Morgan fingerprint density at radius 1 is 1.44 bits per heavy atom. The lowest BCUT2D eigenvalue weighted by Gasteiger charge is -2.43. The monoisotopic (exact) mass is 358 g/mol. The second kappa shape index (κ2) is 7.14. The summed E-state index contributed by atoms with van der Waals surface area (Å²) < 4.78 is 12.2. The van der Waals surface area contributed by atoms with Crippen LogP contribution in [0.3, 0.4) is 0 Å². The quantitative estimate of drug-likeness (QED) is 0.842. The highest BCUT2D eigenvalue weighted by atomic mass is 32.1. The molecule has 0 unspecified atom stereocenters. The number of thiophene rings is 1. The van der Waals surface area contributed by atoms with E-state index in [1.807, 2.05) is 34.5 Å². The van der Waals surface area contributed by atoms with Crippen LogP contribution in [-0.2, 0) is 4.74 Å². The molecule has 132 valence electrons. The predicted octanol–water partition coefficient (Wildman–Crippen LogP) is 3.23. The number of pyridine rings is 1. The summed E-state index contributed by atoms with van der Waals surface area (Å²) in [6.07, 6.45) is 6.64. The molecule has 4 rings (SSSR count). The number of amides is 1. The summed E-state index contributed by atoms with van der Waals surface area (Å²) in [6, 6.07) is 7.61. The number of hydrogen-bond acceptors (Lipinski definition) is 5. The minimum absolute atomic E-state index is 0.122. The van der Waals surface area contributed by atoms with Crippen LogP contribution in [0.5, 0.6) is 5.75 Å². The van der Waals surface area contributed by atoms with Gasteiger partial charge in [0.25, 0.3) is 5.91 Å². The first-order valence-electron chi connectivity index (χ1n) is 8.76. The zero-order valence-corrected chi connectivity index (χ0v) is 14.9. The summed E-state index contributed by atoms with van der Waals surface area (Å²) >= 11 is 1.50. The van der Waals surface area contributed by atoms with Crippen LogP contribution in [0, 0.1) is 5.92 Å². The largest absolute Gasteiger partial charge is 0.492 e. The van der Waals surface area contributed by atoms with E-state index < -0.39 is 0 Å². The Kier molecular flexibility index (Phi) is 4.72. The Labute approximate surface area is 151 Å². The third-order valence-corrected chi connectivity index (χ3v) is 6.07. The van der Waals surface area contributed by atoms with Crippen molar-refractivity contribution in [2.45, 2.75) is 24.9 Å². The van der Waals surface area contributed by atoms with Crippen LogP contribution in [-0.4, -0.2) is 47.7 Å². The minimum Gasteiger partial charge on any atom is -0.492 e. The van der Waals surface area contributed by atoms with Gasteiger partial charge < -0.3 is 14.4 Å². The van der Waals surface area contributed by atoms with Crippen molar-refractivity contribution in [2.24, 2.45) is 5.92 Å². The fourth-order valence-electron chi connectivity index (χ4n) is 3.91. The van der Waals surface area contributed by atoms with Gasteiger partial charge in [-0.25, -0.2) is 0 Å². The Bertz CT molecular complexity index is 707. The highest BCUT2D eigenvalue weighted by Crippen LogP contribution is 2.41. The van der Waals surface area contributed by atoms with Crippen molar-refractivity contribution in [1.82, 2.24) is 9.88 Å². The summed E-state index contributed by atoms with van der Waals surface area (Å²) in [5.41, 5.74) is -0.270. The molecule has 3 heterocycles. The average molecular weight is 358 g/mol. The van der Waals surface area contributed by atoms with Crippen molar-refractivity contribution in [3.8, 4) is 5.75 Å². The molecule has 2 aromatic rings. The molecule has 2 aliphatic rings. The van der Waals surface area contributed by atoms with Gasteiger partial charge in [0.2, 0.25) is 0 Å². The molecule has 1 saturated carbocycles. The van der Waals surface area contributed by atoms with Crippen LogP contribution in [0.15, 0.2) is 42.0 Å². The molecule has 2 atom stereocenters. The minimum atomic E-state index is -0.270. The summed E-state index contributed by atoms with van der Waals surface area (Å²) in [7, 11) is 0. The van der Waals surface area contributed by atoms with E-state index in [9.17, 15) is 4.79 Å². The molecule has 0 radical (unpaired) electrons. The number of nitrogens with zero attached hydrogens (tertiary/aromatic N) is 2. The van der Waals surface area contributed by atoms with Gasteiger partial charge in [0.1, 0.15) is 5.75 Å². The smallest absolute Gasteiger partial charge is 0.264 e. The molecular weight excluding hydrogens is 336 g/mol. The Balaban J connectivity index is 1.44. The molecule has 0 aromatic carbocycles. The van der Waals surface area contributed by atoms with Crippen molar-refractivity contribution in [1.29, 1.82) is 0 Å². The van der Waals surface area contributed by atoms with Crippen LogP contribution in [0.2, 0.25) is 0 Å². The van der Waals surface area contributed by atoms with E-state index in [1.54, 1.807) is 12.4 Å². The van der Waals surface area contributed by atoms with E-state index in [1.165, 1.54) is 11.3 Å². The maximum absolute atomic E-state index is 12.7. The number of aromatic nitrogens is 1. The SMILES string of the molecule is O=C(c1cccs1)N1CCO[C@]2(CCC[C@H]2COc2cccnc2)C1. The van der Waals surface area contributed by atoms with Gasteiger partial charge in [0, 0.05) is 18.7 Å². The summed E-state index contributed by atoms with van der Waals surface area (Å²) in [5.74, 6) is 1.20. The maximum atomic E-state index is 12.7. The van der Waals surface area contributed by atoms with Gasteiger partial charge in [0.05, 0.1) is 36.4 Å². The summed E-state index contributed by atoms with van der Waals surface area (Å²) in [6.45, 7) is 2.52. The Hall–Kier alpha value is -1.92. The van der Waals surface area contributed by atoms with Gasteiger partial charge in [0.15, 0.2) is 0 Å². The molecule has 1 aliphatic carbocycles. The van der Waals surface area contributed by atoms with E-state index >= 15 is 0 Å². The third-order valence-electron chi connectivity index (χ3n) is 5.21. The average Bonchev–Trinajstić information content (AvgIpc) is 3.31. The van der Waals surface area contributed by atoms with Gasteiger partial charge in [-0.3, -0.25) is 9.78 Å². The molecule has 0 bridgehead atoms. The van der Waals surface area contributed by atoms with Gasteiger partial charge in [-0.1, -0.05) is 6.07 Å². The van der Waals surface area contributed by atoms with Gasteiger partial charge in [-0.2, -0.15) is 0 Å². The first-order chi connectivity index (χ1) is 12.3. The molecule has 5 nitrogen and oxygen atoms in total. The molecule has 2 aromatic heterocycles. The second-order valence-electron chi connectivity index (χ2n) is 6.71. The lowest BCUT2D eigenvalue weighted by Crippen LogP contribution is -2.56. The number of rotatable bonds is 4. The lowest BCUT2D eigenvalue weighted by molar-refractivity contribution is -0.126. The van der Waals surface area contributed by atoms with Crippen molar-refractivity contribution >= 4 is 17.2 Å². The summed E-state index contributed by atoms with van der Waals surface area (Å²) in [5, 5.41) is 1.95. The Morgan fingerprint density at radius 2 is 2.40 bits per heavy atom. The highest BCUT2D eigenvalue weighted by Gasteiger charge is 2.48. The van der Waals surface area contributed by atoms with Crippen LogP contribution >= 0.6 is 11.3 Å². The van der Waals surface area contributed by atoms with E-state index in [-0.39, 0.29) is 11.5 Å². The standard InChI is InChI=1S/C19H22N2O3S/c22-18(17-6-3-11-25-17)21-9-10-24-19(14-21)7-1-4-15(19)13-23-16-5-2-8-20-12-16/h2-3,5-6,8,11-12,15H,1,4,7,9-10,13-14H2/t15-,19+/m0/s1. The number of carbonyl (C=O) groups is 1. The molecule has 1 amide bonds. The topological polar surface area (TPSA) is 51.7 Å². The molecule has 1 spiro atoms. The molecule has 0 N–H and O–H groups in total. The maximum Gasteiger partial charge on any atom is 0.264 e. The van der Waals surface area contributed by atoms with E-state index in [0.717, 1.165) is 29.9 Å². The van der Waals surface area contributed by atoms with Gasteiger partial charge in [-0.15, -0.1) is 11.3 Å². The van der Waals surface area contributed by atoms with E-state index in [2.05, 4.69) is 4.98 Å². The second-order valence-corrected chi connectivity index (χ2v) is 7.65. The molecule has 1 aliphatic heterocycles. The third kappa shape index (κ3) is 3.41. The van der Waals surface area contributed by atoms with E-state index in [4.69, 9.17) is 9.47 Å². The van der Waals surface area contributed by atoms with Crippen LogP contribution < -0.4 is 4.74 Å². The number of hydrogen-bond donors (Lipinski definition) is 0. The predicted molar refractivity (Wildman–Crippen MR) is 96.0 cm³/mol. The van der Waals surface area contributed by atoms with Crippen LogP contribution in [0.25, 0.3) is 0 Å². The normalized spacial score (nSPS) is 26.1. The fourth-order valence-corrected chi connectivity index (χ4v) is 4.60.